The molecule has 1 aromatic rings. The van der Waals surface area contributed by atoms with Crippen LogP contribution in [-0.2, 0) is 25.8 Å². The zero-order chi connectivity index (χ0) is 24.2. The largest absolute Gasteiger partial charge is 0.417 e. The first kappa shape index (κ1) is 22.6. The van der Waals surface area contributed by atoms with Crippen molar-refractivity contribution in [3.8, 4) is 0 Å². The Morgan fingerprint density at radius 3 is 2.42 bits per heavy atom. The van der Waals surface area contributed by atoms with E-state index >= 15 is 0 Å². The average Bonchev–Trinajstić information content (AvgIpc) is 3.18. The second-order valence-electron chi connectivity index (χ2n) is 10.6. The summed E-state index contributed by atoms with van der Waals surface area (Å²) in [4.78, 5) is 24.3. The van der Waals surface area contributed by atoms with E-state index in [1.165, 1.54) is 19.9 Å². The first-order chi connectivity index (χ1) is 15.2. The van der Waals surface area contributed by atoms with Gasteiger partial charge in [-0.3, -0.25) is 9.59 Å². The third-order valence-electron chi connectivity index (χ3n) is 8.78. The van der Waals surface area contributed by atoms with Gasteiger partial charge >= 0.3 is 6.18 Å². The van der Waals surface area contributed by atoms with Crippen LogP contribution in [0.3, 0.4) is 0 Å². The molecule has 0 radical (unpaired) electrons. The summed E-state index contributed by atoms with van der Waals surface area (Å²) in [6.45, 7) is 2.64. The maximum Gasteiger partial charge on any atom is 0.417 e. The Hall–Kier alpha value is -2.14. The number of alkyl halides is 3. The van der Waals surface area contributed by atoms with Gasteiger partial charge in [-0.1, -0.05) is 12.1 Å². The highest BCUT2D eigenvalue weighted by molar-refractivity contribution is 7.89. The van der Waals surface area contributed by atoms with Gasteiger partial charge in [0.15, 0.2) is 0 Å². The minimum Gasteiger partial charge on any atom is -0.369 e. The number of hydrogen-bond acceptors (Lipinski definition) is 4. The van der Waals surface area contributed by atoms with Crippen molar-refractivity contribution in [1.82, 2.24) is 10.0 Å². The number of fused-ring (bicyclic) bond motifs is 1. The molecule has 0 aliphatic heterocycles. The van der Waals surface area contributed by atoms with Crippen LogP contribution in [-0.4, -0.2) is 31.8 Å². The molecule has 4 aliphatic carbocycles. The standard InChI is InChI=1S/C22H26F3N3O4S/c1-19(2,28-33(31,32)15-6-4-3-5-13(15)22(23,24)25)18(30)27-16-11-7-12-9-20(17(26)29)10-14(16)21(12,20)8-11/h3-6,11-12,14,16,28H,7-10H2,1-2H3,(H2,26,29)(H,27,30). The van der Waals surface area contributed by atoms with E-state index in [4.69, 9.17) is 5.73 Å². The number of carbonyl (C=O) groups excluding carboxylic acids is 2. The van der Waals surface area contributed by atoms with Crippen LogP contribution in [0.25, 0.3) is 0 Å². The zero-order valence-corrected chi connectivity index (χ0v) is 19.0. The lowest BCUT2D eigenvalue weighted by Gasteiger charge is -2.73. The molecule has 6 unspecified atom stereocenters. The molecule has 1 aromatic carbocycles. The van der Waals surface area contributed by atoms with Crippen LogP contribution in [0, 0.1) is 28.6 Å². The number of sulfonamides is 1. The molecule has 6 atom stereocenters. The molecule has 2 bridgehead atoms. The number of nitrogens with one attached hydrogen (secondary N) is 2. The normalized spacial score (nSPS) is 36.5. The van der Waals surface area contributed by atoms with Gasteiger partial charge in [-0.25, -0.2) is 8.42 Å². The Labute approximate surface area is 189 Å². The Kier molecular flexibility index (Phi) is 4.46. The van der Waals surface area contributed by atoms with Gasteiger partial charge in [-0.15, -0.1) is 0 Å². The van der Waals surface area contributed by atoms with E-state index in [1.807, 2.05) is 0 Å². The van der Waals surface area contributed by atoms with Crippen molar-refractivity contribution in [3.05, 3.63) is 29.8 Å². The van der Waals surface area contributed by atoms with Crippen LogP contribution in [0.1, 0.15) is 45.1 Å². The number of nitrogens with two attached hydrogens (primary N) is 1. The molecule has 4 N–H and O–H groups in total. The van der Waals surface area contributed by atoms with Crippen LogP contribution >= 0.6 is 0 Å². The number of hydrogen-bond donors (Lipinski definition) is 3. The van der Waals surface area contributed by atoms with E-state index in [0.717, 1.165) is 31.4 Å². The first-order valence-corrected chi connectivity index (χ1v) is 12.5. The lowest BCUT2D eigenvalue weighted by molar-refractivity contribution is -0.252. The maximum absolute atomic E-state index is 13.3. The minimum atomic E-state index is -4.86. The van der Waals surface area contributed by atoms with E-state index in [2.05, 4.69) is 10.0 Å². The Morgan fingerprint density at radius 2 is 1.79 bits per heavy atom. The summed E-state index contributed by atoms with van der Waals surface area (Å²) in [6.07, 6.45) is -1.73. The molecule has 180 valence electrons. The Balaban J connectivity index is 1.33. The van der Waals surface area contributed by atoms with Crippen molar-refractivity contribution in [1.29, 1.82) is 0 Å². The second-order valence-corrected chi connectivity index (χ2v) is 12.3. The third kappa shape index (κ3) is 2.81. The van der Waals surface area contributed by atoms with Gasteiger partial charge in [0.05, 0.1) is 15.9 Å². The van der Waals surface area contributed by atoms with E-state index in [9.17, 15) is 31.2 Å². The van der Waals surface area contributed by atoms with E-state index in [1.54, 1.807) is 0 Å². The summed E-state index contributed by atoms with van der Waals surface area (Å²) in [6, 6.07) is 3.65. The molecule has 4 aliphatic rings. The van der Waals surface area contributed by atoms with E-state index in [0.29, 0.717) is 18.4 Å². The van der Waals surface area contributed by atoms with Crippen LogP contribution in [0.4, 0.5) is 13.2 Å². The van der Waals surface area contributed by atoms with Crippen molar-refractivity contribution in [2.24, 2.45) is 34.3 Å². The summed E-state index contributed by atoms with van der Waals surface area (Å²) < 4.78 is 67.8. The topological polar surface area (TPSA) is 118 Å². The van der Waals surface area contributed by atoms with Gasteiger partial charge in [-0.2, -0.15) is 17.9 Å². The van der Waals surface area contributed by atoms with Crippen molar-refractivity contribution in [2.75, 3.05) is 0 Å². The summed E-state index contributed by atoms with van der Waals surface area (Å²) in [5.74, 6) is -0.154. The van der Waals surface area contributed by atoms with Crippen LogP contribution in [0.5, 0.6) is 0 Å². The molecule has 11 heteroatoms. The number of amides is 2. The molecule has 4 saturated carbocycles. The quantitative estimate of drug-likeness (QED) is 0.572. The van der Waals surface area contributed by atoms with E-state index in [-0.39, 0.29) is 29.2 Å². The lowest BCUT2D eigenvalue weighted by atomic mass is 9.29. The van der Waals surface area contributed by atoms with Gasteiger partial charge in [0.25, 0.3) is 0 Å². The summed E-state index contributed by atoms with van der Waals surface area (Å²) >= 11 is 0. The fraction of sp³-hybridized carbons (Fsp3) is 0.636. The lowest BCUT2D eigenvalue weighted by Crippen LogP contribution is -2.76. The minimum absolute atomic E-state index is 0.116. The third-order valence-corrected chi connectivity index (χ3v) is 10.5. The highest BCUT2D eigenvalue weighted by atomic mass is 32.2. The molecule has 2 amide bonds. The molecule has 0 heterocycles. The summed E-state index contributed by atoms with van der Waals surface area (Å²) in [7, 11) is -4.65. The van der Waals surface area contributed by atoms with Gasteiger partial charge in [0.1, 0.15) is 5.54 Å². The molecule has 5 rings (SSSR count). The zero-order valence-electron chi connectivity index (χ0n) is 18.2. The molecular formula is C22H26F3N3O4S. The van der Waals surface area contributed by atoms with Gasteiger partial charge in [0.2, 0.25) is 21.8 Å². The smallest absolute Gasteiger partial charge is 0.369 e. The second kappa shape index (κ2) is 6.50. The molecule has 4 fully saturated rings. The number of carbonyl (C=O) groups is 2. The number of halogens is 3. The van der Waals surface area contributed by atoms with Crippen molar-refractivity contribution < 1.29 is 31.2 Å². The van der Waals surface area contributed by atoms with Crippen molar-refractivity contribution >= 4 is 21.8 Å². The van der Waals surface area contributed by atoms with Crippen LogP contribution in [0.15, 0.2) is 29.2 Å². The van der Waals surface area contributed by atoms with Crippen molar-refractivity contribution in [2.45, 2.75) is 62.2 Å². The SMILES string of the molecule is CC(C)(NS(=O)(=O)c1ccccc1C(F)(F)F)C(=O)NC1C2CC3CC4(C(N)=O)CC1C34C2. The fourth-order valence-corrected chi connectivity index (χ4v) is 9.11. The molecule has 7 nitrogen and oxygen atoms in total. The van der Waals surface area contributed by atoms with Crippen LogP contribution in [0.2, 0.25) is 0 Å². The van der Waals surface area contributed by atoms with Gasteiger partial charge in [-0.05, 0) is 74.8 Å². The molecule has 0 saturated heterocycles. The van der Waals surface area contributed by atoms with Crippen molar-refractivity contribution in [3.63, 3.8) is 0 Å². The Morgan fingerprint density at radius 1 is 1.12 bits per heavy atom. The maximum atomic E-state index is 13.3. The monoisotopic (exact) mass is 485 g/mol. The highest BCUT2D eigenvalue weighted by Gasteiger charge is 2.85. The molecule has 33 heavy (non-hydrogen) atoms. The Bertz CT molecular complexity index is 1170. The predicted octanol–water partition coefficient (Wildman–Crippen LogP) is 2.17. The molecule has 0 aromatic heterocycles. The number of benzene rings is 1. The average molecular weight is 486 g/mol. The van der Waals surface area contributed by atoms with Gasteiger partial charge in [0, 0.05) is 6.04 Å². The fourth-order valence-electron chi connectivity index (χ4n) is 7.50. The number of primary amides is 1. The first-order valence-electron chi connectivity index (χ1n) is 11.0. The van der Waals surface area contributed by atoms with E-state index < -0.39 is 43.5 Å². The van der Waals surface area contributed by atoms with Gasteiger partial charge < -0.3 is 11.1 Å². The predicted molar refractivity (Wildman–Crippen MR) is 111 cm³/mol. The molecule has 1 spiro atoms. The molecular weight excluding hydrogens is 459 g/mol. The van der Waals surface area contributed by atoms with Crippen LogP contribution < -0.4 is 15.8 Å². The highest BCUT2D eigenvalue weighted by Crippen LogP contribution is 2.86. The summed E-state index contributed by atoms with van der Waals surface area (Å²) in [5.41, 5.74) is 2.08. The summed E-state index contributed by atoms with van der Waals surface area (Å²) in [5, 5.41) is 2.95. The number of rotatable bonds is 6.